The van der Waals surface area contributed by atoms with Crippen LogP contribution in [0.4, 0.5) is 4.39 Å². The molecule has 1 aliphatic rings. The summed E-state index contributed by atoms with van der Waals surface area (Å²) in [6.07, 6.45) is -1.86. The number of rotatable bonds is 6. The van der Waals surface area contributed by atoms with Crippen LogP contribution in [0.2, 0.25) is 0 Å². The zero-order valence-electron chi connectivity index (χ0n) is 13.0. The number of ether oxygens (including phenoxy) is 2. The fourth-order valence-electron chi connectivity index (χ4n) is 2.72. The smallest absolute Gasteiger partial charge is 0.217 e. The van der Waals surface area contributed by atoms with Crippen molar-refractivity contribution in [1.82, 2.24) is 10.2 Å². The summed E-state index contributed by atoms with van der Waals surface area (Å²) >= 11 is 0. The first-order valence-electron chi connectivity index (χ1n) is 7.38. The predicted molar refractivity (Wildman–Crippen MR) is 81.0 cm³/mol. The standard InChI is InChI=1S/C16H23FN2O3/c1-12(20)18-14-9-19(8-13-6-4-3-5-7-13)10-15(16(14)17)22-11-21-2/h3-7,14-16H,8-11H2,1-2H3,(H,18,20)/t14-,15+,16-/m0/s1. The fourth-order valence-corrected chi connectivity index (χ4v) is 2.72. The van der Waals surface area contributed by atoms with Gasteiger partial charge in [0, 0.05) is 33.7 Å². The maximum Gasteiger partial charge on any atom is 0.217 e. The molecule has 1 aromatic carbocycles. The van der Waals surface area contributed by atoms with Crippen LogP contribution in [-0.2, 0) is 20.8 Å². The molecule has 0 saturated carbocycles. The lowest BCUT2D eigenvalue weighted by Gasteiger charge is -2.40. The lowest BCUT2D eigenvalue weighted by atomic mass is 9.99. The van der Waals surface area contributed by atoms with Crippen LogP contribution in [0.25, 0.3) is 0 Å². The Balaban J connectivity index is 2.04. The molecule has 5 nitrogen and oxygen atoms in total. The molecule has 1 N–H and O–H groups in total. The molecule has 2 rings (SSSR count). The monoisotopic (exact) mass is 310 g/mol. The Hall–Kier alpha value is -1.50. The van der Waals surface area contributed by atoms with E-state index in [1.54, 1.807) is 0 Å². The Labute approximate surface area is 130 Å². The topological polar surface area (TPSA) is 50.8 Å². The van der Waals surface area contributed by atoms with Crippen molar-refractivity contribution in [3.63, 3.8) is 0 Å². The summed E-state index contributed by atoms with van der Waals surface area (Å²) in [5.41, 5.74) is 1.15. The molecule has 6 heteroatoms. The van der Waals surface area contributed by atoms with Gasteiger partial charge in [-0.1, -0.05) is 30.3 Å². The van der Waals surface area contributed by atoms with Crippen molar-refractivity contribution in [1.29, 1.82) is 0 Å². The Morgan fingerprint density at radius 3 is 2.73 bits per heavy atom. The van der Waals surface area contributed by atoms with Gasteiger partial charge in [0.15, 0.2) is 0 Å². The number of benzene rings is 1. The molecule has 1 heterocycles. The van der Waals surface area contributed by atoms with E-state index in [4.69, 9.17) is 9.47 Å². The average molecular weight is 310 g/mol. The van der Waals surface area contributed by atoms with Gasteiger partial charge < -0.3 is 14.8 Å². The molecule has 0 bridgehead atoms. The quantitative estimate of drug-likeness (QED) is 0.806. The van der Waals surface area contributed by atoms with E-state index in [2.05, 4.69) is 10.2 Å². The first kappa shape index (κ1) is 16.9. The first-order chi connectivity index (χ1) is 10.6. The van der Waals surface area contributed by atoms with Crippen molar-refractivity contribution in [3.8, 4) is 0 Å². The highest BCUT2D eigenvalue weighted by Gasteiger charge is 2.38. The van der Waals surface area contributed by atoms with E-state index in [9.17, 15) is 9.18 Å². The van der Waals surface area contributed by atoms with Crippen LogP contribution >= 0.6 is 0 Å². The molecule has 0 aliphatic carbocycles. The van der Waals surface area contributed by atoms with Gasteiger partial charge >= 0.3 is 0 Å². The van der Waals surface area contributed by atoms with Crippen LogP contribution < -0.4 is 5.32 Å². The van der Waals surface area contributed by atoms with Gasteiger partial charge in [0.25, 0.3) is 0 Å². The number of hydrogen-bond donors (Lipinski definition) is 1. The molecule has 22 heavy (non-hydrogen) atoms. The lowest BCUT2D eigenvalue weighted by Crippen LogP contribution is -2.60. The highest BCUT2D eigenvalue weighted by Crippen LogP contribution is 2.20. The van der Waals surface area contributed by atoms with Crippen LogP contribution in [0.5, 0.6) is 0 Å². The van der Waals surface area contributed by atoms with Gasteiger partial charge in [-0.25, -0.2) is 4.39 Å². The zero-order chi connectivity index (χ0) is 15.9. The van der Waals surface area contributed by atoms with Crippen LogP contribution in [0.15, 0.2) is 30.3 Å². The number of methoxy groups -OCH3 is 1. The summed E-state index contributed by atoms with van der Waals surface area (Å²) in [5, 5.41) is 2.68. The van der Waals surface area contributed by atoms with Gasteiger partial charge in [0.05, 0.1) is 6.04 Å². The number of halogens is 1. The number of nitrogens with zero attached hydrogens (tertiary/aromatic N) is 1. The summed E-state index contributed by atoms with van der Waals surface area (Å²) in [6.45, 7) is 3.05. The van der Waals surface area contributed by atoms with Gasteiger partial charge in [-0.2, -0.15) is 0 Å². The number of carbonyl (C=O) groups excluding carboxylic acids is 1. The fraction of sp³-hybridized carbons (Fsp3) is 0.562. The molecule has 1 aromatic rings. The number of amides is 1. The number of piperidine rings is 1. The second kappa shape index (κ2) is 8.22. The third-order valence-corrected chi connectivity index (χ3v) is 3.67. The molecule has 3 atom stereocenters. The molecular formula is C16H23FN2O3. The molecular weight excluding hydrogens is 287 g/mol. The number of nitrogens with one attached hydrogen (secondary N) is 1. The third-order valence-electron chi connectivity index (χ3n) is 3.67. The predicted octanol–water partition coefficient (Wildman–Crippen LogP) is 1.33. The van der Waals surface area contributed by atoms with Crippen molar-refractivity contribution in [2.24, 2.45) is 0 Å². The number of hydrogen-bond acceptors (Lipinski definition) is 4. The van der Waals surface area contributed by atoms with E-state index in [-0.39, 0.29) is 12.7 Å². The maximum absolute atomic E-state index is 14.5. The van der Waals surface area contributed by atoms with Crippen LogP contribution in [0.1, 0.15) is 12.5 Å². The van der Waals surface area contributed by atoms with Crippen molar-refractivity contribution < 1.29 is 18.7 Å². The van der Waals surface area contributed by atoms with E-state index in [1.807, 2.05) is 30.3 Å². The van der Waals surface area contributed by atoms with Crippen LogP contribution in [0.3, 0.4) is 0 Å². The van der Waals surface area contributed by atoms with Gasteiger partial charge in [-0.05, 0) is 5.56 Å². The maximum atomic E-state index is 14.5. The van der Waals surface area contributed by atoms with Crippen LogP contribution in [-0.4, -0.2) is 56.1 Å². The molecule has 1 saturated heterocycles. The van der Waals surface area contributed by atoms with E-state index >= 15 is 0 Å². The van der Waals surface area contributed by atoms with E-state index in [0.29, 0.717) is 19.6 Å². The highest BCUT2D eigenvalue weighted by molar-refractivity contribution is 5.73. The van der Waals surface area contributed by atoms with Crippen molar-refractivity contribution in [3.05, 3.63) is 35.9 Å². The largest absolute Gasteiger partial charge is 0.359 e. The normalized spacial score (nSPS) is 25.9. The summed E-state index contributed by atoms with van der Waals surface area (Å²) in [6, 6.07) is 9.39. The molecule has 1 fully saturated rings. The van der Waals surface area contributed by atoms with Gasteiger partial charge in [0.2, 0.25) is 5.91 Å². The minimum Gasteiger partial charge on any atom is -0.359 e. The molecule has 122 valence electrons. The van der Waals surface area contributed by atoms with Gasteiger partial charge in [-0.15, -0.1) is 0 Å². The highest BCUT2D eigenvalue weighted by atomic mass is 19.1. The number of alkyl halides is 1. The SMILES string of the molecule is COCO[C@@H]1CN(Cc2ccccc2)C[C@H](NC(C)=O)[C@@H]1F. The Morgan fingerprint density at radius 2 is 2.09 bits per heavy atom. The Kier molecular flexibility index (Phi) is 6.30. The summed E-state index contributed by atoms with van der Waals surface area (Å²) in [7, 11) is 1.50. The molecule has 0 unspecified atom stereocenters. The van der Waals surface area contributed by atoms with Gasteiger partial charge in [-0.3, -0.25) is 9.69 Å². The zero-order valence-corrected chi connectivity index (χ0v) is 13.0. The molecule has 0 spiro atoms. The minimum atomic E-state index is -1.24. The lowest BCUT2D eigenvalue weighted by molar-refractivity contribution is -0.133. The Bertz CT molecular complexity index is 472. The number of carbonyl (C=O) groups is 1. The molecule has 0 radical (unpaired) electrons. The molecule has 1 aliphatic heterocycles. The summed E-state index contributed by atoms with van der Waals surface area (Å²) in [5.74, 6) is -0.236. The second-order valence-corrected chi connectivity index (χ2v) is 5.54. The van der Waals surface area contributed by atoms with E-state index < -0.39 is 18.3 Å². The third kappa shape index (κ3) is 4.76. The second-order valence-electron chi connectivity index (χ2n) is 5.54. The van der Waals surface area contributed by atoms with E-state index in [0.717, 1.165) is 5.56 Å². The van der Waals surface area contributed by atoms with Crippen LogP contribution in [0, 0.1) is 0 Å². The number of likely N-dealkylation sites (tertiary alicyclic amines) is 1. The van der Waals surface area contributed by atoms with Crippen molar-refractivity contribution in [2.45, 2.75) is 31.8 Å². The average Bonchev–Trinajstić information content (AvgIpc) is 2.49. The van der Waals surface area contributed by atoms with Crippen molar-refractivity contribution in [2.75, 3.05) is 27.0 Å². The first-order valence-corrected chi connectivity index (χ1v) is 7.38. The Morgan fingerprint density at radius 1 is 1.36 bits per heavy atom. The van der Waals surface area contributed by atoms with E-state index in [1.165, 1.54) is 14.0 Å². The minimum absolute atomic E-state index is 0.0387. The van der Waals surface area contributed by atoms with Crippen molar-refractivity contribution >= 4 is 5.91 Å². The summed E-state index contributed by atoms with van der Waals surface area (Å²) < 4.78 is 24.8. The van der Waals surface area contributed by atoms with Gasteiger partial charge in [0.1, 0.15) is 19.1 Å². The molecule has 1 amide bonds. The summed E-state index contributed by atoms with van der Waals surface area (Å²) in [4.78, 5) is 13.4. The molecule has 0 aromatic heterocycles.